The molecule has 2 amide bonds. The molecule has 3 aromatic carbocycles. The Morgan fingerprint density at radius 2 is 1.64 bits per heavy atom. The monoisotopic (exact) mass is 437 g/mol. The highest BCUT2D eigenvalue weighted by Gasteiger charge is 2.13. The first-order valence-corrected chi connectivity index (χ1v) is 9.11. The van der Waals surface area contributed by atoms with E-state index in [0.29, 0.717) is 16.8 Å². The number of hydrogen-bond acceptors (Lipinski definition) is 4. The molecule has 0 unspecified atom stereocenters. The molecule has 140 valence electrons. The van der Waals surface area contributed by atoms with Gasteiger partial charge in [0.15, 0.2) is 0 Å². The SMILES string of the molecule is O=C(Nc1ccccc1C(=O)N/N=C\c1cc(Br)ccc1O)c1ccccc1. The zero-order valence-corrected chi connectivity index (χ0v) is 16.2. The summed E-state index contributed by atoms with van der Waals surface area (Å²) >= 11 is 3.31. The topological polar surface area (TPSA) is 90.8 Å². The molecule has 3 aromatic rings. The summed E-state index contributed by atoms with van der Waals surface area (Å²) in [5.41, 5.74) is 3.97. The van der Waals surface area contributed by atoms with Crippen LogP contribution >= 0.6 is 15.9 Å². The second-order valence-electron chi connectivity index (χ2n) is 5.77. The Hall–Kier alpha value is -3.45. The third kappa shape index (κ3) is 4.83. The second kappa shape index (κ2) is 8.96. The molecule has 0 saturated carbocycles. The van der Waals surface area contributed by atoms with E-state index in [-0.39, 0.29) is 17.2 Å². The van der Waals surface area contributed by atoms with Crippen LogP contribution in [0.2, 0.25) is 0 Å². The number of anilines is 1. The molecule has 0 spiro atoms. The van der Waals surface area contributed by atoms with Crippen LogP contribution in [0.15, 0.2) is 82.4 Å². The lowest BCUT2D eigenvalue weighted by Crippen LogP contribution is -2.21. The van der Waals surface area contributed by atoms with E-state index in [9.17, 15) is 14.7 Å². The van der Waals surface area contributed by atoms with Gasteiger partial charge in [0.2, 0.25) is 0 Å². The van der Waals surface area contributed by atoms with Crippen molar-refractivity contribution < 1.29 is 14.7 Å². The van der Waals surface area contributed by atoms with Crippen LogP contribution in [0.3, 0.4) is 0 Å². The summed E-state index contributed by atoms with van der Waals surface area (Å²) in [4.78, 5) is 24.8. The third-order valence-corrected chi connectivity index (χ3v) is 4.31. The molecule has 0 fully saturated rings. The number of carbonyl (C=O) groups excluding carboxylic acids is 2. The van der Waals surface area contributed by atoms with E-state index in [0.717, 1.165) is 4.47 Å². The lowest BCUT2D eigenvalue weighted by Gasteiger charge is -2.10. The summed E-state index contributed by atoms with van der Waals surface area (Å²) < 4.78 is 0.770. The Morgan fingerprint density at radius 1 is 0.929 bits per heavy atom. The summed E-state index contributed by atoms with van der Waals surface area (Å²) in [6.07, 6.45) is 1.34. The number of carbonyl (C=O) groups is 2. The van der Waals surface area contributed by atoms with Crippen molar-refractivity contribution in [1.29, 1.82) is 0 Å². The number of halogens is 1. The van der Waals surface area contributed by atoms with Crippen LogP contribution in [-0.2, 0) is 0 Å². The normalized spacial score (nSPS) is 10.6. The fourth-order valence-corrected chi connectivity index (χ4v) is 2.80. The zero-order chi connectivity index (χ0) is 19.9. The smallest absolute Gasteiger partial charge is 0.273 e. The molecular formula is C21H16BrN3O3. The largest absolute Gasteiger partial charge is 0.507 e. The van der Waals surface area contributed by atoms with Gasteiger partial charge in [-0.2, -0.15) is 5.10 Å². The van der Waals surface area contributed by atoms with Crippen molar-refractivity contribution in [3.05, 3.63) is 94.0 Å². The maximum absolute atomic E-state index is 12.5. The van der Waals surface area contributed by atoms with Crippen molar-refractivity contribution in [2.45, 2.75) is 0 Å². The van der Waals surface area contributed by atoms with Gasteiger partial charge in [0, 0.05) is 15.6 Å². The van der Waals surface area contributed by atoms with Gasteiger partial charge in [0.05, 0.1) is 17.5 Å². The Balaban J connectivity index is 1.73. The molecule has 6 nitrogen and oxygen atoms in total. The number of rotatable bonds is 5. The van der Waals surface area contributed by atoms with Gasteiger partial charge in [0.1, 0.15) is 5.75 Å². The van der Waals surface area contributed by atoms with Gasteiger partial charge in [0.25, 0.3) is 11.8 Å². The minimum atomic E-state index is -0.491. The van der Waals surface area contributed by atoms with E-state index < -0.39 is 5.91 Å². The number of nitrogens with one attached hydrogen (secondary N) is 2. The first-order chi connectivity index (χ1) is 13.5. The van der Waals surface area contributed by atoms with Gasteiger partial charge < -0.3 is 10.4 Å². The quantitative estimate of drug-likeness (QED) is 0.413. The predicted octanol–water partition coefficient (Wildman–Crippen LogP) is 4.17. The highest BCUT2D eigenvalue weighted by atomic mass is 79.9. The molecule has 0 aliphatic heterocycles. The molecular weight excluding hydrogens is 422 g/mol. The summed E-state index contributed by atoms with van der Waals surface area (Å²) in [6, 6.07) is 20.2. The van der Waals surface area contributed by atoms with Crippen molar-refractivity contribution in [2.24, 2.45) is 5.10 Å². The maximum Gasteiger partial charge on any atom is 0.273 e. The number of nitrogens with zero attached hydrogens (tertiary/aromatic N) is 1. The standard InChI is InChI=1S/C21H16BrN3O3/c22-16-10-11-19(26)15(12-16)13-23-25-21(28)17-8-4-5-9-18(17)24-20(27)14-6-2-1-3-7-14/h1-13,26H,(H,24,27)(H,25,28)/b23-13-. The van der Waals surface area contributed by atoms with Crippen molar-refractivity contribution in [2.75, 3.05) is 5.32 Å². The van der Waals surface area contributed by atoms with Crippen LogP contribution in [0.4, 0.5) is 5.69 Å². The van der Waals surface area contributed by atoms with Crippen LogP contribution in [-0.4, -0.2) is 23.1 Å². The van der Waals surface area contributed by atoms with Gasteiger partial charge in [-0.15, -0.1) is 0 Å². The Bertz CT molecular complexity index is 1040. The van der Waals surface area contributed by atoms with Crippen LogP contribution in [0.5, 0.6) is 5.75 Å². The highest BCUT2D eigenvalue weighted by Crippen LogP contribution is 2.20. The van der Waals surface area contributed by atoms with E-state index >= 15 is 0 Å². The van der Waals surface area contributed by atoms with Gasteiger partial charge in [-0.25, -0.2) is 5.43 Å². The predicted molar refractivity (Wildman–Crippen MR) is 112 cm³/mol. The average Bonchev–Trinajstić information content (AvgIpc) is 2.71. The second-order valence-corrected chi connectivity index (χ2v) is 6.68. The van der Waals surface area contributed by atoms with E-state index in [2.05, 4.69) is 31.8 Å². The highest BCUT2D eigenvalue weighted by molar-refractivity contribution is 9.10. The van der Waals surface area contributed by atoms with E-state index in [1.807, 2.05) is 6.07 Å². The number of amides is 2. The van der Waals surface area contributed by atoms with Gasteiger partial charge >= 0.3 is 0 Å². The molecule has 3 rings (SSSR count). The lowest BCUT2D eigenvalue weighted by atomic mass is 10.1. The fourth-order valence-electron chi connectivity index (χ4n) is 2.42. The first kappa shape index (κ1) is 19.3. The average molecular weight is 438 g/mol. The molecule has 7 heteroatoms. The molecule has 0 aliphatic rings. The molecule has 28 heavy (non-hydrogen) atoms. The molecule has 0 aliphatic carbocycles. The van der Waals surface area contributed by atoms with Gasteiger partial charge in [-0.3, -0.25) is 9.59 Å². The molecule has 0 atom stereocenters. The van der Waals surface area contributed by atoms with Crippen LogP contribution in [0.1, 0.15) is 26.3 Å². The van der Waals surface area contributed by atoms with E-state index in [4.69, 9.17) is 0 Å². The number of hydrazone groups is 1. The van der Waals surface area contributed by atoms with Crippen molar-refractivity contribution >= 4 is 39.6 Å². The van der Waals surface area contributed by atoms with Crippen LogP contribution < -0.4 is 10.7 Å². The van der Waals surface area contributed by atoms with E-state index in [1.54, 1.807) is 60.7 Å². The van der Waals surface area contributed by atoms with Crippen molar-refractivity contribution in [3.63, 3.8) is 0 Å². The van der Waals surface area contributed by atoms with Crippen molar-refractivity contribution in [1.82, 2.24) is 5.43 Å². The molecule has 0 heterocycles. The Kier molecular flexibility index (Phi) is 6.18. The number of aromatic hydroxyl groups is 1. The number of benzene rings is 3. The van der Waals surface area contributed by atoms with Crippen molar-refractivity contribution in [3.8, 4) is 5.75 Å². The molecule has 0 saturated heterocycles. The summed E-state index contributed by atoms with van der Waals surface area (Å²) in [7, 11) is 0. The molecule has 0 aromatic heterocycles. The summed E-state index contributed by atoms with van der Waals surface area (Å²) in [5.74, 6) is -0.769. The summed E-state index contributed by atoms with van der Waals surface area (Å²) in [6.45, 7) is 0. The number of phenolic OH excluding ortho intramolecular Hbond substituents is 1. The third-order valence-electron chi connectivity index (χ3n) is 3.82. The first-order valence-electron chi connectivity index (χ1n) is 8.32. The minimum Gasteiger partial charge on any atom is -0.507 e. The summed E-state index contributed by atoms with van der Waals surface area (Å²) in [5, 5.41) is 16.4. The van der Waals surface area contributed by atoms with E-state index in [1.165, 1.54) is 12.3 Å². The number of hydrogen-bond donors (Lipinski definition) is 3. The number of phenols is 1. The fraction of sp³-hybridized carbons (Fsp3) is 0. The molecule has 3 N–H and O–H groups in total. The molecule has 0 bridgehead atoms. The lowest BCUT2D eigenvalue weighted by molar-refractivity contribution is 0.0956. The zero-order valence-electron chi connectivity index (χ0n) is 14.6. The minimum absolute atomic E-state index is 0.0386. The van der Waals surface area contributed by atoms with Crippen LogP contribution in [0, 0.1) is 0 Å². The van der Waals surface area contributed by atoms with Gasteiger partial charge in [-0.1, -0.05) is 46.3 Å². The molecule has 0 radical (unpaired) electrons. The Morgan fingerprint density at radius 3 is 2.43 bits per heavy atom. The Labute approximate surface area is 170 Å². The maximum atomic E-state index is 12.5. The van der Waals surface area contributed by atoms with Crippen LogP contribution in [0.25, 0.3) is 0 Å². The van der Waals surface area contributed by atoms with Gasteiger partial charge in [-0.05, 0) is 42.5 Å². The number of para-hydroxylation sites is 1.